The van der Waals surface area contributed by atoms with Crippen LogP contribution in [-0.2, 0) is 4.79 Å². The van der Waals surface area contributed by atoms with Gasteiger partial charge in [0.25, 0.3) is 5.69 Å². The summed E-state index contributed by atoms with van der Waals surface area (Å²) >= 11 is 6.05. The monoisotopic (exact) mass is 399 g/mol. The number of carbonyl (C=O) groups is 1. The molecule has 2 aromatic rings. The normalized spacial score (nSPS) is 14.4. The fraction of sp³-hybridized carbons (Fsp3) is 0.263. The van der Waals surface area contributed by atoms with Crippen LogP contribution in [0.4, 0.5) is 17.1 Å². The molecule has 0 radical (unpaired) electrons. The van der Waals surface area contributed by atoms with Gasteiger partial charge in [-0.1, -0.05) is 23.7 Å². The molecule has 1 saturated heterocycles. The second-order valence-corrected chi connectivity index (χ2v) is 6.77. The molecular weight excluding hydrogens is 382 g/mol. The maximum atomic E-state index is 12.3. The van der Waals surface area contributed by atoms with Crippen molar-refractivity contribution >= 4 is 34.6 Å². The van der Waals surface area contributed by atoms with Crippen LogP contribution in [0.3, 0.4) is 0 Å². The van der Waals surface area contributed by atoms with Crippen molar-refractivity contribution in [1.82, 2.24) is 4.90 Å². The van der Waals surface area contributed by atoms with E-state index < -0.39 is 4.92 Å². The van der Waals surface area contributed by atoms with Crippen LogP contribution in [-0.4, -0.2) is 48.5 Å². The van der Waals surface area contributed by atoms with Crippen LogP contribution in [0.5, 0.6) is 0 Å². The molecule has 0 unspecified atom stereocenters. The Morgan fingerprint density at radius 2 is 1.93 bits per heavy atom. The van der Waals surface area contributed by atoms with E-state index in [-0.39, 0.29) is 18.1 Å². The molecule has 0 spiro atoms. The third kappa shape index (κ3) is 4.57. The number of rotatable bonds is 5. The summed E-state index contributed by atoms with van der Waals surface area (Å²) in [7, 11) is 0. The molecule has 0 bridgehead atoms. The largest absolute Gasteiger partial charge is 0.363 e. The summed E-state index contributed by atoms with van der Waals surface area (Å²) in [5, 5.41) is 23.6. The van der Waals surface area contributed by atoms with Gasteiger partial charge in [-0.25, -0.2) is 0 Å². The molecule has 0 atom stereocenters. The highest BCUT2D eigenvalue weighted by Crippen LogP contribution is 2.30. The Balaban J connectivity index is 1.61. The van der Waals surface area contributed by atoms with Crippen LogP contribution in [0.2, 0.25) is 5.02 Å². The minimum absolute atomic E-state index is 0.0242. The fourth-order valence-corrected chi connectivity index (χ4v) is 3.29. The number of halogens is 1. The van der Waals surface area contributed by atoms with Gasteiger partial charge in [0.05, 0.1) is 33.8 Å². The molecule has 0 aliphatic carbocycles. The highest BCUT2D eigenvalue weighted by atomic mass is 35.5. The van der Waals surface area contributed by atoms with E-state index >= 15 is 0 Å². The number of para-hydroxylation sites is 1. The van der Waals surface area contributed by atoms with Crippen molar-refractivity contribution in [3.63, 3.8) is 0 Å². The molecule has 0 aromatic heterocycles. The molecule has 8 nitrogen and oxygen atoms in total. The van der Waals surface area contributed by atoms with Crippen LogP contribution < -0.4 is 10.2 Å². The molecule has 144 valence electrons. The van der Waals surface area contributed by atoms with E-state index in [1.54, 1.807) is 24.3 Å². The van der Waals surface area contributed by atoms with Gasteiger partial charge < -0.3 is 10.2 Å². The molecule has 2 aromatic carbocycles. The Bertz CT molecular complexity index is 935. The van der Waals surface area contributed by atoms with E-state index in [1.807, 2.05) is 15.9 Å². The van der Waals surface area contributed by atoms with Crippen LogP contribution in [0.25, 0.3) is 0 Å². The first-order valence-electron chi connectivity index (χ1n) is 8.68. The standard InChI is InChI=1S/C19H18ClN5O3/c20-15-3-1-2-4-16(15)22-19(26)13-23-7-9-24(10-8-23)18-11-14(12-21)5-6-17(18)25(27)28/h1-6,11H,7-10,13H2,(H,22,26). The summed E-state index contributed by atoms with van der Waals surface area (Å²) < 4.78 is 0. The molecule has 28 heavy (non-hydrogen) atoms. The molecule has 1 N–H and O–H groups in total. The third-order valence-electron chi connectivity index (χ3n) is 4.53. The van der Waals surface area contributed by atoms with Gasteiger partial charge in [0, 0.05) is 32.2 Å². The number of carbonyl (C=O) groups excluding carboxylic acids is 1. The zero-order valence-corrected chi connectivity index (χ0v) is 15.7. The Hall–Kier alpha value is -3.15. The summed E-state index contributed by atoms with van der Waals surface area (Å²) in [6, 6.07) is 13.4. The summed E-state index contributed by atoms with van der Waals surface area (Å²) in [6.07, 6.45) is 0. The number of nitriles is 1. The van der Waals surface area contributed by atoms with Gasteiger partial charge in [-0.05, 0) is 24.3 Å². The first kappa shape index (κ1) is 19.6. The summed E-state index contributed by atoms with van der Waals surface area (Å²) in [4.78, 5) is 27.0. The molecule has 1 fully saturated rings. The second-order valence-electron chi connectivity index (χ2n) is 6.36. The van der Waals surface area contributed by atoms with E-state index in [9.17, 15) is 14.9 Å². The first-order valence-corrected chi connectivity index (χ1v) is 9.06. The van der Waals surface area contributed by atoms with Gasteiger partial charge in [0.15, 0.2) is 0 Å². The van der Waals surface area contributed by atoms with Crippen LogP contribution in [0.1, 0.15) is 5.56 Å². The van der Waals surface area contributed by atoms with E-state index in [0.717, 1.165) is 0 Å². The lowest BCUT2D eigenvalue weighted by atomic mass is 10.1. The van der Waals surface area contributed by atoms with Crippen molar-refractivity contribution < 1.29 is 9.72 Å². The Labute approximate surface area is 167 Å². The molecule has 1 aliphatic heterocycles. The van der Waals surface area contributed by atoms with E-state index in [2.05, 4.69) is 5.32 Å². The smallest absolute Gasteiger partial charge is 0.292 e. The average molecular weight is 400 g/mol. The maximum absolute atomic E-state index is 12.3. The molecule has 3 rings (SSSR count). The fourth-order valence-electron chi connectivity index (χ4n) is 3.10. The molecule has 1 aliphatic rings. The number of nitro benzene ring substituents is 1. The van der Waals surface area contributed by atoms with Crippen molar-refractivity contribution in [3.05, 3.63) is 63.2 Å². The SMILES string of the molecule is N#Cc1ccc([N+](=O)[O-])c(N2CCN(CC(=O)Nc3ccccc3Cl)CC2)c1. The summed E-state index contributed by atoms with van der Waals surface area (Å²) in [5.74, 6) is -0.168. The van der Waals surface area contributed by atoms with Gasteiger partial charge in [-0.15, -0.1) is 0 Å². The minimum atomic E-state index is -0.445. The predicted molar refractivity (Wildman–Crippen MR) is 107 cm³/mol. The van der Waals surface area contributed by atoms with Gasteiger partial charge in [0.2, 0.25) is 5.91 Å². The Morgan fingerprint density at radius 3 is 2.57 bits per heavy atom. The molecule has 9 heteroatoms. The van der Waals surface area contributed by atoms with Crippen LogP contribution in [0, 0.1) is 21.4 Å². The predicted octanol–water partition coefficient (Wildman–Crippen LogP) is 2.88. The number of hydrogen-bond acceptors (Lipinski definition) is 6. The Morgan fingerprint density at radius 1 is 1.21 bits per heavy atom. The number of anilines is 2. The van der Waals surface area contributed by atoms with Gasteiger partial charge in [0.1, 0.15) is 5.69 Å². The lowest BCUT2D eigenvalue weighted by molar-refractivity contribution is -0.384. The number of benzene rings is 2. The van der Waals surface area contributed by atoms with Crippen molar-refractivity contribution in [1.29, 1.82) is 5.26 Å². The Kier molecular flexibility index (Phi) is 6.09. The molecule has 0 saturated carbocycles. The number of nitro groups is 1. The van der Waals surface area contributed by atoms with Crippen molar-refractivity contribution in [3.8, 4) is 6.07 Å². The molecular formula is C19H18ClN5O3. The van der Waals surface area contributed by atoms with Crippen LogP contribution >= 0.6 is 11.6 Å². The summed E-state index contributed by atoms with van der Waals surface area (Å²) in [6.45, 7) is 2.40. The van der Waals surface area contributed by atoms with E-state index in [1.165, 1.54) is 18.2 Å². The molecule has 1 amide bonds. The number of amides is 1. The summed E-state index contributed by atoms with van der Waals surface area (Å²) in [5.41, 5.74) is 1.35. The maximum Gasteiger partial charge on any atom is 0.292 e. The van der Waals surface area contributed by atoms with Gasteiger partial charge in [-0.3, -0.25) is 19.8 Å². The molecule has 1 heterocycles. The number of piperazine rings is 1. The first-order chi connectivity index (χ1) is 13.5. The lowest BCUT2D eigenvalue weighted by Gasteiger charge is -2.35. The zero-order chi connectivity index (χ0) is 20.1. The van der Waals surface area contributed by atoms with Gasteiger partial charge in [-0.2, -0.15) is 5.26 Å². The highest BCUT2D eigenvalue weighted by molar-refractivity contribution is 6.33. The topological polar surface area (TPSA) is 103 Å². The van der Waals surface area contributed by atoms with Crippen LogP contribution in [0.15, 0.2) is 42.5 Å². The zero-order valence-electron chi connectivity index (χ0n) is 15.0. The van der Waals surface area contributed by atoms with Crippen molar-refractivity contribution in [2.24, 2.45) is 0 Å². The van der Waals surface area contributed by atoms with E-state index in [4.69, 9.17) is 16.9 Å². The van der Waals surface area contributed by atoms with E-state index in [0.29, 0.717) is 48.1 Å². The quantitative estimate of drug-likeness (QED) is 0.612. The third-order valence-corrected chi connectivity index (χ3v) is 4.86. The minimum Gasteiger partial charge on any atom is -0.363 e. The lowest BCUT2D eigenvalue weighted by Crippen LogP contribution is -2.48. The number of nitrogens with one attached hydrogen (secondary N) is 1. The van der Waals surface area contributed by atoms with Crippen molar-refractivity contribution in [2.75, 3.05) is 42.9 Å². The number of hydrogen-bond donors (Lipinski definition) is 1. The average Bonchev–Trinajstić information content (AvgIpc) is 2.69. The van der Waals surface area contributed by atoms with Crippen molar-refractivity contribution in [2.45, 2.75) is 0 Å². The number of nitrogens with zero attached hydrogens (tertiary/aromatic N) is 4. The highest BCUT2D eigenvalue weighted by Gasteiger charge is 2.25. The second kappa shape index (κ2) is 8.69. The van der Waals surface area contributed by atoms with Gasteiger partial charge >= 0.3 is 0 Å².